The quantitative estimate of drug-likeness (QED) is 0.306. The van der Waals surface area contributed by atoms with Crippen LogP contribution in [0.25, 0.3) is 11.3 Å². The van der Waals surface area contributed by atoms with E-state index in [1.54, 1.807) is 12.1 Å². The van der Waals surface area contributed by atoms with E-state index in [1.165, 1.54) is 18.2 Å². The first-order valence-electron chi connectivity index (χ1n) is 14.0. The van der Waals surface area contributed by atoms with Crippen molar-refractivity contribution in [2.45, 2.75) is 56.5 Å². The van der Waals surface area contributed by atoms with Gasteiger partial charge in [0.25, 0.3) is 5.91 Å². The molecular weight excluding hydrogens is 651 g/mol. The Kier molecular flexibility index (Phi) is 9.75. The maximum atomic E-state index is 14.5. The number of likely N-dealkylation sites (tertiary alicyclic amines) is 1. The Morgan fingerprint density at radius 2 is 1.86 bits per heavy atom. The molecule has 5 rings (SSSR count). The molecule has 0 bridgehead atoms. The second-order valence-corrected chi connectivity index (χ2v) is 11.9. The highest BCUT2D eigenvalue weighted by molar-refractivity contribution is 9.10. The fraction of sp³-hybridized carbons (Fsp3) is 0.483. The zero-order chi connectivity index (χ0) is 31.9. The number of carbonyl (C=O) groups is 1. The smallest absolute Gasteiger partial charge is 0.259 e. The third kappa shape index (κ3) is 6.14. The number of ether oxygens (including phenoxy) is 2. The molecule has 2 saturated heterocycles. The summed E-state index contributed by atoms with van der Waals surface area (Å²) in [6.45, 7) is 4.54. The van der Waals surface area contributed by atoms with Crippen molar-refractivity contribution >= 4 is 27.5 Å². The number of methoxy groups -OCH3 is 1. The van der Waals surface area contributed by atoms with Crippen LogP contribution in [0.15, 0.2) is 41.0 Å². The molecule has 1 aromatic heterocycles. The number of halogens is 4. The minimum Gasteiger partial charge on any atom is -0.394 e. The molecule has 2 aliphatic heterocycles. The molecule has 0 radical (unpaired) electrons. The van der Waals surface area contributed by atoms with Crippen molar-refractivity contribution in [3.63, 3.8) is 0 Å². The zero-order valence-corrected chi connectivity index (χ0v) is 25.7. The lowest BCUT2D eigenvalue weighted by Crippen LogP contribution is -2.63. The molecule has 11 nitrogen and oxygen atoms in total. The Bertz CT molecular complexity index is 1470. The third-order valence-electron chi connectivity index (χ3n) is 8.13. The number of aliphatic hydroxyl groups is 3. The molecule has 3 aromatic rings. The van der Waals surface area contributed by atoms with E-state index in [0.29, 0.717) is 29.8 Å². The lowest BCUT2D eigenvalue weighted by atomic mass is 9.91. The van der Waals surface area contributed by atoms with E-state index >= 15 is 0 Å². The van der Waals surface area contributed by atoms with Gasteiger partial charge in [-0.05, 0) is 49.4 Å². The van der Waals surface area contributed by atoms with Gasteiger partial charge in [-0.1, -0.05) is 28.1 Å². The SMILES string of the molecule is CCN1C[C@H](O)[C@@H](N(C(=O)C2OC(CO)C(O)C(n3cc(-c4cc(F)c(F)c(F)c4)nn3)C2OC)c2cc(C)cc(Br)c2)C1. The summed E-state index contributed by atoms with van der Waals surface area (Å²) >= 11 is 3.49. The molecule has 1 amide bonds. The monoisotopic (exact) mass is 683 g/mol. The first-order valence-corrected chi connectivity index (χ1v) is 14.8. The highest BCUT2D eigenvalue weighted by atomic mass is 79.9. The number of amides is 1. The number of nitrogens with zero attached hydrogens (tertiary/aromatic N) is 5. The molecule has 7 atom stereocenters. The highest BCUT2D eigenvalue weighted by Crippen LogP contribution is 2.36. The van der Waals surface area contributed by atoms with Gasteiger partial charge in [0.2, 0.25) is 0 Å². The molecule has 44 heavy (non-hydrogen) atoms. The summed E-state index contributed by atoms with van der Waals surface area (Å²) in [5.41, 5.74) is 1.19. The molecule has 15 heteroatoms. The van der Waals surface area contributed by atoms with Crippen molar-refractivity contribution in [2.24, 2.45) is 0 Å². The number of aliphatic hydroxyl groups excluding tert-OH is 3. The van der Waals surface area contributed by atoms with Crippen molar-refractivity contribution in [2.75, 3.05) is 38.3 Å². The van der Waals surface area contributed by atoms with Gasteiger partial charge in [-0.15, -0.1) is 5.10 Å². The van der Waals surface area contributed by atoms with E-state index < -0.39 is 72.6 Å². The van der Waals surface area contributed by atoms with Crippen LogP contribution >= 0.6 is 15.9 Å². The van der Waals surface area contributed by atoms with Gasteiger partial charge in [-0.2, -0.15) is 0 Å². The van der Waals surface area contributed by atoms with Gasteiger partial charge in [0.05, 0.1) is 24.9 Å². The number of rotatable bonds is 8. The molecule has 5 unspecified atom stereocenters. The topological polar surface area (TPSA) is 133 Å². The van der Waals surface area contributed by atoms with Crippen LogP contribution < -0.4 is 4.90 Å². The van der Waals surface area contributed by atoms with E-state index in [9.17, 15) is 33.3 Å². The van der Waals surface area contributed by atoms with Gasteiger partial charge in [-0.25, -0.2) is 17.9 Å². The Morgan fingerprint density at radius 3 is 2.45 bits per heavy atom. The van der Waals surface area contributed by atoms with Crippen LogP contribution in [-0.4, -0.2) is 111 Å². The van der Waals surface area contributed by atoms with Crippen molar-refractivity contribution < 1.29 is 42.8 Å². The van der Waals surface area contributed by atoms with Crippen molar-refractivity contribution in [1.29, 1.82) is 0 Å². The van der Waals surface area contributed by atoms with Gasteiger partial charge >= 0.3 is 0 Å². The number of anilines is 1. The Hall–Kier alpha value is -2.92. The molecule has 2 aliphatic rings. The second kappa shape index (κ2) is 13.2. The van der Waals surface area contributed by atoms with Gasteiger partial charge in [0.15, 0.2) is 23.6 Å². The summed E-state index contributed by atoms with van der Waals surface area (Å²) in [5, 5.41) is 40.4. The first kappa shape index (κ1) is 32.5. The fourth-order valence-corrected chi connectivity index (χ4v) is 6.55. The zero-order valence-electron chi connectivity index (χ0n) is 24.1. The lowest BCUT2D eigenvalue weighted by Gasteiger charge is -2.45. The van der Waals surface area contributed by atoms with E-state index in [0.717, 1.165) is 22.4 Å². The fourth-order valence-electron chi connectivity index (χ4n) is 5.95. The Balaban J connectivity index is 1.55. The van der Waals surface area contributed by atoms with E-state index in [2.05, 4.69) is 26.2 Å². The summed E-state index contributed by atoms with van der Waals surface area (Å²) < 4.78 is 55.0. The predicted molar refractivity (Wildman–Crippen MR) is 155 cm³/mol. The number of likely N-dealkylation sites (N-methyl/N-ethyl adjacent to an activating group) is 1. The van der Waals surface area contributed by atoms with Crippen LogP contribution in [0.5, 0.6) is 0 Å². The number of aromatic nitrogens is 3. The number of β-amino-alcohol motifs (C(OH)–C–C–N with tert-alkyl or cyclic N) is 1. The van der Waals surface area contributed by atoms with Crippen LogP contribution in [0.4, 0.5) is 18.9 Å². The third-order valence-corrected chi connectivity index (χ3v) is 8.59. The molecule has 0 spiro atoms. The minimum atomic E-state index is -1.63. The first-order chi connectivity index (χ1) is 21.0. The van der Waals surface area contributed by atoms with E-state index in [4.69, 9.17) is 9.47 Å². The molecule has 0 saturated carbocycles. The summed E-state index contributed by atoms with van der Waals surface area (Å²) in [4.78, 5) is 18.0. The highest BCUT2D eigenvalue weighted by Gasteiger charge is 2.52. The summed E-state index contributed by atoms with van der Waals surface area (Å²) in [6, 6.07) is 5.12. The normalized spacial score (nSPS) is 27.5. The predicted octanol–water partition coefficient (Wildman–Crippen LogP) is 2.21. The van der Waals surface area contributed by atoms with Crippen LogP contribution in [0, 0.1) is 24.4 Å². The van der Waals surface area contributed by atoms with Crippen molar-refractivity contribution in [1.82, 2.24) is 19.9 Å². The van der Waals surface area contributed by atoms with Gasteiger partial charge < -0.3 is 29.7 Å². The summed E-state index contributed by atoms with van der Waals surface area (Å²) in [5.74, 6) is -5.05. The Labute approximate surface area is 259 Å². The maximum Gasteiger partial charge on any atom is 0.259 e. The van der Waals surface area contributed by atoms with Crippen LogP contribution in [-0.2, 0) is 14.3 Å². The number of hydrogen-bond donors (Lipinski definition) is 3. The van der Waals surface area contributed by atoms with Gasteiger partial charge in [0.1, 0.15) is 30.0 Å². The maximum absolute atomic E-state index is 14.5. The molecule has 3 N–H and O–H groups in total. The molecule has 0 aliphatic carbocycles. The van der Waals surface area contributed by atoms with Gasteiger partial charge in [-0.3, -0.25) is 9.69 Å². The Morgan fingerprint density at radius 1 is 1.16 bits per heavy atom. The largest absolute Gasteiger partial charge is 0.394 e. The number of hydrogen-bond acceptors (Lipinski definition) is 9. The van der Waals surface area contributed by atoms with E-state index in [1.807, 2.05) is 24.8 Å². The van der Waals surface area contributed by atoms with Crippen LogP contribution in [0.2, 0.25) is 0 Å². The number of carbonyl (C=O) groups excluding carboxylic acids is 1. The van der Waals surface area contributed by atoms with Crippen molar-refractivity contribution in [3.05, 3.63) is 64.0 Å². The summed E-state index contributed by atoms with van der Waals surface area (Å²) in [7, 11) is 1.31. The molecule has 2 aromatic carbocycles. The second-order valence-electron chi connectivity index (χ2n) is 11.0. The standard InChI is InChI=1S/C29H33BrF3N5O6/c1-4-36-11-21(22(40)12-36)38(17-6-14(2)5-16(30)9-17)29(42)28-27(43-3)25(26(41)23(13-39)44-28)37-10-20(34-35-37)15-7-18(31)24(33)19(32)8-15/h5-10,21-23,25-28,39-41H,4,11-13H2,1-3H3/t21-,22-,23?,25?,26?,27?,28?/m0/s1. The van der Waals surface area contributed by atoms with Crippen LogP contribution in [0.1, 0.15) is 18.5 Å². The average Bonchev–Trinajstić information content (AvgIpc) is 3.62. The number of aryl methyl sites for hydroxylation is 1. The van der Waals surface area contributed by atoms with E-state index in [-0.39, 0.29) is 11.3 Å². The van der Waals surface area contributed by atoms with Crippen LogP contribution in [0.3, 0.4) is 0 Å². The van der Waals surface area contributed by atoms with Crippen molar-refractivity contribution in [3.8, 4) is 11.3 Å². The molecular formula is C29H33BrF3N5O6. The minimum absolute atomic E-state index is 0.0419. The van der Waals surface area contributed by atoms with Gasteiger partial charge in [0, 0.05) is 35.9 Å². The summed E-state index contributed by atoms with van der Waals surface area (Å²) in [6.07, 6.45) is -4.94. The molecule has 2 fully saturated rings. The lowest BCUT2D eigenvalue weighted by molar-refractivity contribution is -0.211. The average molecular weight is 685 g/mol. The number of benzene rings is 2. The molecule has 3 heterocycles. The molecule has 238 valence electrons.